The maximum Gasteiger partial charge on any atom is 0.411 e. The normalized spacial score (nSPS) is 9.71. The van der Waals surface area contributed by atoms with Gasteiger partial charge in [0.2, 0.25) is 0 Å². The van der Waals surface area contributed by atoms with Crippen molar-refractivity contribution in [2.45, 2.75) is 0 Å². The number of hydrogen-bond acceptors (Lipinski definition) is 2. The van der Waals surface area contributed by atoms with Crippen LogP contribution in [0.25, 0.3) is 0 Å². The number of anilines is 1. The molecule has 1 amide bonds. The largest absolute Gasteiger partial charge is 0.453 e. The Kier molecular flexibility index (Phi) is 4.40. The first kappa shape index (κ1) is 12.0. The Bertz CT molecular complexity index is 345. The summed E-state index contributed by atoms with van der Waals surface area (Å²) in [5, 5.41) is 2.58. The molecule has 1 aromatic rings. The van der Waals surface area contributed by atoms with E-state index in [1.165, 1.54) is 7.11 Å². The van der Waals surface area contributed by atoms with Crippen LogP contribution >= 0.6 is 47.8 Å². The summed E-state index contributed by atoms with van der Waals surface area (Å²) < 4.78 is 6.94. The first-order valence-electron chi connectivity index (χ1n) is 3.54. The molecular formula is C8H6Br3NO2. The van der Waals surface area contributed by atoms with E-state index in [-0.39, 0.29) is 0 Å². The second-order valence-corrected chi connectivity index (χ2v) is 4.99. The Hall–Kier alpha value is -0.0700. The maximum atomic E-state index is 11.0. The van der Waals surface area contributed by atoms with Gasteiger partial charge in [-0.15, -0.1) is 0 Å². The summed E-state index contributed by atoms with van der Waals surface area (Å²) >= 11 is 9.98. The van der Waals surface area contributed by atoms with Gasteiger partial charge >= 0.3 is 6.09 Å². The van der Waals surface area contributed by atoms with Crippen LogP contribution in [0, 0.1) is 0 Å². The Balaban J connectivity index is 3.02. The van der Waals surface area contributed by atoms with Gasteiger partial charge in [0.25, 0.3) is 0 Å². The molecular weight excluding hydrogens is 382 g/mol. The van der Waals surface area contributed by atoms with E-state index in [4.69, 9.17) is 0 Å². The molecule has 1 N–H and O–H groups in total. The molecule has 0 heterocycles. The number of ether oxygens (including phenoxy) is 1. The molecule has 0 atom stereocenters. The van der Waals surface area contributed by atoms with E-state index in [1.54, 1.807) is 0 Å². The van der Waals surface area contributed by atoms with Crippen molar-refractivity contribution in [2.75, 3.05) is 12.4 Å². The number of benzene rings is 1. The molecule has 1 rings (SSSR count). The van der Waals surface area contributed by atoms with Gasteiger partial charge in [0.1, 0.15) is 0 Å². The van der Waals surface area contributed by atoms with Crippen molar-refractivity contribution in [1.82, 2.24) is 0 Å². The molecule has 0 fully saturated rings. The molecule has 0 radical (unpaired) electrons. The quantitative estimate of drug-likeness (QED) is 0.786. The number of methoxy groups -OCH3 is 1. The van der Waals surface area contributed by atoms with Gasteiger partial charge in [0, 0.05) is 13.4 Å². The summed E-state index contributed by atoms with van der Waals surface area (Å²) in [5.41, 5.74) is 0.639. The predicted octanol–water partition coefficient (Wildman–Crippen LogP) is 4.15. The summed E-state index contributed by atoms with van der Waals surface area (Å²) in [6.45, 7) is 0. The van der Waals surface area contributed by atoms with Crippen LogP contribution in [0.3, 0.4) is 0 Å². The topological polar surface area (TPSA) is 38.3 Å². The van der Waals surface area contributed by atoms with Crippen LogP contribution in [0.5, 0.6) is 0 Å². The lowest BCUT2D eigenvalue weighted by Crippen LogP contribution is -2.11. The standard InChI is InChI=1S/C8H6Br3NO2/c1-14-8(13)12-7-5(10)2-4(9)3-6(7)11/h2-3H,1H3,(H,12,13). The van der Waals surface area contributed by atoms with Crippen LogP contribution in [-0.4, -0.2) is 13.2 Å². The van der Waals surface area contributed by atoms with E-state index < -0.39 is 6.09 Å². The number of amides is 1. The molecule has 0 aliphatic rings. The highest BCUT2D eigenvalue weighted by molar-refractivity contribution is 9.11. The van der Waals surface area contributed by atoms with Crippen LogP contribution in [-0.2, 0) is 4.74 Å². The minimum absolute atomic E-state index is 0.506. The van der Waals surface area contributed by atoms with Gasteiger partial charge < -0.3 is 4.74 Å². The zero-order valence-electron chi connectivity index (χ0n) is 7.11. The zero-order valence-corrected chi connectivity index (χ0v) is 11.9. The fourth-order valence-electron chi connectivity index (χ4n) is 0.815. The molecule has 0 aliphatic heterocycles. The highest BCUT2D eigenvalue weighted by Gasteiger charge is 2.09. The smallest absolute Gasteiger partial charge is 0.411 e. The second-order valence-electron chi connectivity index (χ2n) is 2.36. The highest BCUT2D eigenvalue weighted by atomic mass is 79.9. The van der Waals surface area contributed by atoms with Gasteiger partial charge in [-0.25, -0.2) is 4.79 Å². The summed E-state index contributed by atoms with van der Waals surface area (Å²) in [4.78, 5) is 11.0. The average molecular weight is 388 g/mol. The summed E-state index contributed by atoms with van der Waals surface area (Å²) in [6.07, 6.45) is -0.506. The monoisotopic (exact) mass is 385 g/mol. The van der Waals surface area contributed by atoms with E-state index in [0.717, 1.165) is 13.4 Å². The van der Waals surface area contributed by atoms with Crippen LogP contribution in [0.15, 0.2) is 25.6 Å². The molecule has 0 spiro atoms. The van der Waals surface area contributed by atoms with Crippen LogP contribution in [0.1, 0.15) is 0 Å². The van der Waals surface area contributed by atoms with E-state index >= 15 is 0 Å². The maximum absolute atomic E-state index is 11.0. The van der Waals surface area contributed by atoms with Crippen LogP contribution in [0.4, 0.5) is 10.5 Å². The predicted molar refractivity (Wildman–Crippen MR) is 65.6 cm³/mol. The minimum Gasteiger partial charge on any atom is -0.453 e. The highest BCUT2D eigenvalue weighted by Crippen LogP contribution is 2.34. The first-order valence-corrected chi connectivity index (χ1v) is 5.92. The fourth-order valence-corrected chi connectivity index (χ4v) is 3.27. The number of rotatable bonds is 1. The Morgan fingerprint density at radius 2 is 1.79 bits per heavy atom. The molecule has 0 saturated heterocycles. The number of halogens is 3. The lowest BCUT2D eigenvalue weighted by molar-refractivity contribution is 0.187. The third kappa shape index (κ3) is 2.96. The van der Waals surface area contributed by atoms with Gasteiger partial charge in [-0.3, -0.25) is 5.32 Å². The summed E-state index contributed by atoms with van der Waals surface area (Å²) in [7, 11) is 1.32. The first-order chi connectivity index (χ1) is 6.54. The van der Waals surface area contributed by atoms with E-state index in [1.807, 2.05) is 12.1 Å². The average Bonchev–Trinajstić information content (AvgIpc) is 2.10. The van der Waals surface area contributed by atoms with Crippen molar-refractivity contribution in [3.63, 3.8) is 0 Å². The Morgan fingerprint density at radius 3 is 2.21 bits per heavy atom. The third-order valence-electron chi connectivity index (χ3n) is 1.42. The van der Waals surface area contributed by atoms with Gasteiger partial charge in [-0.05, 0) is 44.0 Å². The lowest BCUT2D eigenvalue weighted by Gasteiger charge is -2.08. The van der Waals surface area contributed by atoms with Gasteiger partial charge in [0.15, 0.2) is 0 Å². The van der Waals surface area contributed by atoms with Crippen molar-refractivity contribution < 1.29 is 9.53 Å². The van der Waals surface area contributed by atoms with Crippen molar-refractivity contribution in [1.29, 1.82) is 0 Å². The van der Waals surface area contributed by atoms with Crippen molar-refractivity contribution >= 4 is 59.6 Å². The van der Waals surface area contributed by atoms with E-state index in [0.29, 0.717) is 5.69 Å². The lowest BCUT2D eigenvalue weighted by atomic mass is 10.3. The molecule has 76 valence electrons. The molecule has 14 heavy (non-hydrogen) atoms. The van der Waals surface area contributed by atoms with E-state index in [2.05, 4.69) is 57.8 Å². The molecule has 0 unspecified atom stereocenters. The molecule has 0 aliphatic carbocycles. The molecule has 6 heteroatoms. The van der Waals surface area contributed by atoms with Gasteiger partial charge in [0.05, 0.1) is 12.8 Å². The fraction of sp³-hybridized carbons (Fsp3) is 0.125. The summed E-state index contributed by atoms with van der Waals surface area (Å²) in [6, 6.07) is 3.66. The number of carbonyl (C=O) groups is 1. The Labute approximate surface area is 107 Å². The minimum atomic E-state index is -0.506. The van der Waals surface area contributed by atoms with Crippen molar-refractivity contribution in [3.8, 4) is 0 Å². The van der Waals surface area contributed by atoms with Crippen molar-refractivity contribution in [3.05, 3.63) is 25.6 Å². The van der Waals surface area contributed by atoms with E-state index in [9.17, 15) is 4.79 Å². The second kappa shape index (κ2) is 5.14. The number of nitrogens with one attached hydrogen (secondary N) is 1. The molecule has 0 aromatic heterocycles. The molecule has 1 aromatic carbocycles. The zero-order chi connectivity index (χ0) is 10.7. The number of hydrogen-bond donors (Lipinski definition) is 1. The van der Waals surface area contributed by atoms with Gasteiger partial charge in [-0.2, -0.15) is 0 Å². The van der Waals surface area contributed by atoms with Gasteiger partial charge in [-0.1, -0.05) is 15.9 Å². The SMILES string of the molecule is COC(=O)Nc1c(Br)cc(Br)cc1Br. The number of carbonyl (C=O) groups excluding carboxylic acids is 1. The molecule has 0 saturated carbocycles. The van der Waals surface area contributed by atoms with Crippen LogP contribution in [0.2, 0.25) is 0 Å². The summed E-state index contributed by atoms with van der Waals surface area (Å²) in [5.74, 6) is 0. The molecule has 3 nitrogen and oxygen atoms in total. The van der Waals surface area contributed by atoms with Crippen LogP contribution < -0.4 is 5.32 Å². The Morgan fingerprint density at radius 1 is 1.29 bits per heavy atom. The third-order valence-corrected chi connectivity index (χ3v) is 3.13. The molecule has 0 bridgehead atoms. The van der Waals surface area contributed by atoms with Crippen molar-refractivity contribution in [2.24, 2.45) is 0 Å².